The molecule has 5 N–H and O–H groups in total. The number of rotatable bonds is 15. The highest BCUT2D eigenvalue weighted by Gasteiger charge is 2.39. The Morgan fingerprint density at radius 3 is 2.40 bits per heavy atom. The summed E-state index contributed by atoms with van der Waals surface area (Å²) in [5.41, 5.74) is 0.942. The van der Waals surface area contributed by atoms with Crippen LogP contribution in [0.1, 0.15) is 82.9 Å². The van der Waals surface area contributed by atoms with Crippen molar-refractivity contribution in [3.8, 4) is 0 Å². The van der Waals surface area contributed by atoms with Gasteiger partial charge in [-0.05, 0) is 55.4 Å². The Morgan fingerprint density at radius 1 is 1.04 bits per heavy atom. The second kappa shape index (κ2) is 15.6. The van der Waals surface area contributed by atoms with Gasteiger partial charge in [0, 0.05) is 28.9 Å². The summed E-state index contributed by atoms with van der Waals surface area (Å²) in [5.74, 6) is -1.78. The van der Waals surface area contributed by atoms with E-state index in [4.69, 9.17) is 16.3 Å². The number of amides is 4. The molecule has 2 fully saturated rings. The first-order valence-corrected chi connectivity index (χ1v) is 16.2. The van der Waals surface area contributed by atoms with Crippen LogP contribution >= 0.6 is 11.6 Å². The van der Waals surface area contributed by atoms with E-state index in [1.54, 1.807) is 6.07 Å². The average Bonchev–Trinajstić information content (AvgIpc) is 3.75. The van der Waals surface area contributed by atoms with Crippen molar-refractivity contribution in [1.82, 2.24) is 21.3 Å². The van der Waals surface area contributed by atoms with E-state index in [0.29, 0.717) is 30.8 Å². The van der Waals surface area contributed by atoms with Crippen molar-refractivity contribution in [2.75, 3.05) is 6.54 Å². The lowest BCUT2D eigenvalue weighted by Crippen LogP contribution is -2.56. The SMILES string of the molecule is CCCCC(NC(=O)OC(c1ccccc1)C(C)(C)c1cccc(Cl)c1)C(=O)NC(C[C@@H]1CCNC1=O)C(O)C(=O)NC1CC1. The molecule has 1 saturated carbocycles. The number of hydrogen-bond acceptors (Lipinski definition) is 6. The van der Waals surface area contributed by atoms with Crippen molar-refractivity contribution >= 4 is 35.4 Å². The molecule has 1 heterocycles. The molecule has 4 amide bonds. The zero-order valence-corrected chi connectivity index (χ0v) is 26.9. The third-order valence-electron chi connectivity index (χ3n) is 8.61. The van der Waals surface area contributed by atoms with Crippen molar-refractivity contribution in [3.63, 3.8) is 0 Å². The molecule has 10 nitrogen and oxygen atoms in total. The molecule has 4 rings (SSSR count). The van der Waals surface area contributed by atoms with Crippen molar-refractivity contribution < 1.29 is 29.0 Å². The summed E-state index contributed by atoms with van der Waals surface area (Å²) < 4.78 is 6.08. The number of benzene rings is 2. The first-order valence-electron chi connectivity index (χ1n) is 15.8. The summed E-state index contributed by atoms with van der Waals surface area (Å²) in [6.07, 6.45) is 0.952. The first kappa shape index (κ1) is 34.2. The van der Waals surface area contributed by atoms with Crippen molar-refractivity contribution in [2.24, 2.45) is 5.92 Å². The van der Waals surface area contributed by atoms with E-state index >= 15 is 0 Å². The van der Waals surface area contributed by atoms with Crippen LogP contribution in [0.4, 0.5) is 4.79 Å². The molecular formula is C34H45ClN4O6. The maximum atomic E-state index is 13.7. The van der Waals surface area contributed by atoms with Gasteiger partial charge in [-0.25, -0.2) is 4.79 Å². The van der Waals surface area contributed by atoms with Gasteiger partial charge < -0.3 is 31.1 Å². The highest BCUT2D eigenvalue weighted by Crippen LogP contribution is 2.40. The molecule has 1 aliphatic heterocycles. The smallest absolute Gasteiger partial charge is 0.408 e. The molecule has 244 valence electrons. The van der Waals surface area contributed by atoms with Gasteiger partial charge in [0.2, 0.25) is 11.8 Å². The lowest BCUT2D eigenvalue weighted by molar-refractivity contribution is -0.134. The second-order valence-electron chi connectivity index (χ2n) is 12.6. The molecule has 0 aromatic heterocycles. The zero-order chi connectivity index (χ0) is 32.6. The topological polar surface area (TPSA) is 146 Å². The highest BCUT2D eigenvalue weighted by atomic mass is 35.5. The lowest BCUT2D eigenvalue weighted by atomic mass is 9.76. The van der Waals surface area contributed by atoms with E-state index in [1.165, 1.54) is 0 Å². The van der Waals surface area contributed by atoms with Crippen LogP contribution < -0.4 is 21.3 Å². The minimum Gasteiger partial charge on any atom is -0.440 e. The molecule has 1 saturated heterocycles. The fraction of sp³-hybridized carbons (Fsp3) is 0.529. The molecule has 45 heavy (non-hydrogen) atoms. The summed E-state index contributed by atoms with van der Waals surface area (Å²) in [5, 5.41) is 22.6. The minimum absolute atomic E-state index is 0.0146. The molecule has 0 radical (unpaired) electrons. The third kappa shape index (κ3) is 9.43. The van der Waals surface area contributed by atoms with Crippen LogP contribution in [0.3, 0.4) is 0 Å². The summed E-state index contributed by atoms with van der Waals surface area (Å²) >= 11 is 6.30. The quantitative estimate of drug-likeness (QED) is 0.196. The van der Waals surface area contributed by atoms with Gasteiger partial charge in [-0.3, -0.25) is 14.4 Å². The van der Waals surface area contributed by atoms with E-state index in [2.05, 4.69) is 21.3 Å². The Bertz CT molecular complexity index is 1330. The number of alkyl carbamates (subject to hydrolysis) is 1. The third-order valence-corrected chi connectivity index (χ3v) is 8.84. The molecule has 11 heteroatoms. The maximum Gasteiger partial charge on any atom is 0.408 e. The highest BCUT2D eigenvalue weighted by molar-refractivity contribution is 6.30. The van der Waals surface area contributed by atoms with Gasteiger partial charge >= 0.3 is 6.09 Å². The largest absolute Gasteiger partial charge is 0.440 e. The Labute approximate surface area is 270 Å². The van der Waals surface area contributed by atoms with Crippen LogP contribution in [0.5, 0.6) is 0 Å². The Balaban J connectivity index is 1.52. The Kier molecular flexibility index (Phi) is 11.9. The number of carbonyl (C=O) groups is 4. The molecule has 0 bridgehead atoms. The van der Waals surface area contributed by atoms with Crippen LogP contribution in [0.2, 0.25) is 5.02 Å². The number of nitrogens with one attached hydrogen (secondary N) is 4. The predicted octanol–water partition coefficient (Wildman–Crippen LogP) is 4.29. The van der Waals surface area contributed by atoms with Crippen molar-refractivity contribution in [1.29, 1.82) is 0 Å². The monoisotopic (exact) mass is 640 g/mol. The van der Waals surface area contributed by atoms with Gasteiger partial charge in [-0.15, -0.1) is 0 Å². The number of unbranched alkanes of at least 4 members (excludes halogenated alkanes) is 1. The standard InChI is InChI=1S/C34H45ClN4O6/c1-4-5-14-26(31(42)38-27(19-22-17-18-36-30(22)41)28(40)32(43)37-25-15-16-25)39-33(44)45-29(21-10-7-6-8-11-21)34(2,3)23-12-9-13-24(35)20-23/h6-13,20,22,25-29,40H,4-5,14-19H2,1-3H3,(H,36,41)(H,37,43)(H,38,42)(H,39,44)/t22-,26?,27?,28?,29?/m0/s1. The minimum atomic E-state index is -1.55. The van der Waals surface area contributed by atoms with Crippen LogP contribution in [0.25, 0.3) is 0 Å². The van der Waals surface area contributed by atoms with Crippen LogP contribution in [0, 0.1) is 5.92 Å². The number of carbonyl (C=O) groups excluding carboxylic acids is 4. The van der Waals surface area contributed by atoms with E-state index in [-0.39, 0.29) is 18.4 Å². The number of halogens is 1. The molecule has 4 unspecified atom stereocenters. The van der Waals surface area contributed by atoms with Gasteiger partial charge in [0.1, 0.15) is 12.1 Å². The zero-order valence-electron chi connectivity index (χ0n) is 26.2. The van der Waals surface area contributed by atoms with Crippen molar-refractivity contribution in [3.05, 3.63) is 70.7 Å². The van der Waals surface area contributed by atoms with E-state index in [0.717, 1.165) is 30.4 Å². The summed E-state index contributed by atoms with van der Waals surface area (Å²) in [7, 11) is 0. The molecule has 2 aromatic rings. The van der Waals surface area contributed by atoms with Gasteiger partial charge in [-0.1, -0.05) is 87.7 Å². The second-order valence-corrected chi connectivity index (χ2v) is 13.1. The van der Waals surface area contributed by atoms with Gasteiger partial charge in [0.15, 0.2) is 6.10 Å². The van der Waals surface area contributed by atoms with Crippen LogP contribution in [-0.2, 0) is 24.5 Å². The number of hydrogen-bond donors (Lipinski definition) is 5. The fourth-order valence-corrected chi connectivity index (χ4v) is 5.87. The van der Waals surface area contributed by atoms with E-state index < -0.39 is 53.5 Å². The lowest BCUT2D eigenvalue weighted by Gasteiger charge is -2.35. The molecule has 1 aliphatic carbocycles. The Morgan fingerprint density at radius 2 is 1.78 bits per heavy atom. The van der Waals surface area contributed by atoms with Crippen LogP contribution in [0.15, 0.2) is 54.6 Å². The van der Waals surface area contributed by atoms with E-state index in [9.17, 15) is 24.3 Å². The van der Waals surface area contributed by atoms with Crippen molar-refractivity contribution in [2.45, 2.75) is 101 Å². The molecule has 0 spiro atoms. The predicted molar refractivity (Wildman–Crippen MR) is 171 cm³/mol. The maximum absolute atomic E-state index is 13.7. The normalized spacial score (nSPS) is 19.0. The molecular weight excluding hydrogens is 596 g/mol. The average molecular weight is 641 g/mol. The number of ether oxygens (including phenoxy) is 1. The molecule has 2 aromatic carbocycles. The molecule has 2 aliphatic rings. The van der Waals surface area contributed by atoms with Gasteiger partial charge in [0.25, 0.3) is 5.91 Å². The molecule has 5 atom stereocenters. The number of aliphatic hydroxyl groups is 1. The van der Waals surface area contributed by atoms with Gasteiger partial charge in [-0.2, -0.15) is 0 Å². The van der Waals surface area contributed by atoms with Crippen LogP contribution in [-0.4, -0.2) is 59.7 Å². The summed E-state index contributed by atoms with van der Waals surface area (Å²) in [6, 6.07) is 14.8. The van der Waals surface area contributed by atoms with E-state index in [1.807, 2.05) is 69.3 Å². The summed E-state index contributed by atoms with van der Waals surface area (Å²) in [6.45, 7) is 6.39. The Hall–Kier alpha value is -3.63. The summed E-state index contributed by atoms with van der Waals surface area (Å²) in [4.78, 5) is 52.3. The number of aliphatic hydroxyl groups excluding tert-OH is 1. The fourth-order valence-electron chi connectivity index (χ4n) is 5.68. The van der Waals surface area contributed by atoms with Gasteiger partial charge in [0.05, 0.1) is 6.04 Å². The first-order chi connectivity index (χ1) is 21.5.